The summed E-state index contributed by atoms with van der Waals surface area (Å²) in [5.41, 5.74) is 1.01. The zero-order valence-electron chi connectivity index (χ0n) is 9.10. The lowest BCUT2D eigenvalue weighted by Crippen LogP contribution is -2.16. The summed E-state index contributed by atoms with van der Waals surface area (Å²) in [6, 6.07) is 1.71. The van der Waals surface area contributed by atoms with E-state index in [4.69, 9.17) is 4.74 Å². The third kappa shape index (κ3) is 2.03. The van der Waals surface area contributed by atoms with Crippen LogP contribution < -0.4 is 4.74 Å². The fraction of sp³-hybridized carbons (Fsp3) is 0.545. The normalized spacial score (nSPS) is 11.5. The minimum Gasteiger partial charge on any atom is -0.492 e. The first-order valence-electron chi connectivity index (χ1n) is 4.71. The monoisotopic (exact) mass is 197 g/mol. The van der Waals surface area contributed by atoms with Gasteiger partial charge in [-0.2, -0.15) is 4.39 Å². The van der Waals surface area contributed by atoms with Crippen LogP contribution in [0.2, 0.25) is 0 Å². The van der Waals surface area contributed by atoms with Gasteiger partial charge in [-0.05, 0) is 23.5 Å². The van der Waals surface area contributed by atoms with Crippen molar-refractivity contribution in [2.45, 2.75) is 32.6 Å². The lowest BCUT2D eigenvalue weighted by molar-refractivity contribution is 0.373. The maximum Gasteiger partial charge on any atom is 0.255 e. The van der Waals surface area contributed by atoms with Crippen LogP contribution in [0.5, 0.6) is 5.75 Å². The van der Waals surface area contributed by atoms with Crippen LogP contribution in [0.1, 0.15) is 32.8 Å². The predicted molar refractivity (Wildman–Crippen MR) is 54.1 cm³/mol. The zero-order chi connectivity index (χ0) is 10.8. The Morgan fingerprint density at radius 1 is 1.50 bits per heavy atom. The van der Waals surface area contributed by atoms with E-state index in [0.717, 1.165) is 12.0 Å². The van der Waals surface area contributed by atoms with Gasteiger partial charge in [-0.1, -0.05) is 20.8 Å². The summed E-state index contributed by atoms with van der Waals surface area (Å²) >= 11 is 0. The Balaban J connectivity index is 3.12. The number of methoxy groups -OCH3 is 1. The van der Waals surface area contributed by atoms with Crippen LogP contribution in [-0.2, 0) is 5.41 Å². The quantitative estimate of drug-likeness (QED) is 0.695. The molecule has 0 saturated carbocycles. The molecule has 1 aromatic heterocycles. The summed E-state index contributed by atoms with van der Waals surface area (Å²) in [5.74, 6) is -0.341. The molecular weight excluding hydrogens is 181 g/mol. The Kier molecular flexibility index (Phi) is 3.09. The average molecular weight is 197 g/mol. The number of hydrogen-bond donors (Lipinski definition) is 0. The van der Waals surface area contributed by atoms with Crippen LogP contribution in [-0.4, -0.2) is 12.1 Å². The van der Waals surface area contributed by atoms with E-state index >= 15 is 0 Å². The van der Waals surface area contributed by atoms with Gasteiger partial charge in [0.2, 0.25) is 0 Å². The van der Waals surface area contributed by atoms with E-state index in [-0.39, 0.29) is 11.2 Å². The van der Waals surface area contributed by atoms with Crippen molar-refractivity contribution in [3.63, 3.8) is 0 Å². The molecule has 0 spiro atoms. The predicted octanol–water partition coefficient (Wildman–Crippen LogP) is 2.92. The lowest BCUT2D eigenvalue weighted by Gasteiger charge is -2.23. The van der Waals surface area contributed by atoms with Crippen molar-refractivity contribution in [3.8, 4) is 5.75 Å². The van der Waals surface area contributed by atoms with Gasteiger partial charge in [0.05, 0.1) is 7.11 Å². The van der Waals surface area contributed by atoms with Crippen LogP contribution in [0, 0.1) is 5.95 Å². The Labute approximate surface area is 84.1 Å². The number of ether oxygens (including phenoxy) is 1. The van der Waals surface area contributed by atoms with Gasteiger partial charge in [0.15, 0.2) is 5.75 Å². The highest BCUT2D eigenvalue weighted by atomic mass is 19.1. The minimum absolute atomic E-state index is 0.00792. The molecule has 1 rings (SSSR count). The average Bonchev–Trinajstić information content (AvgIpc) is 2.18. The van der Waals surface area contributed by atoms with Gasteiger partial charge in [0, 0.05) is 6.20 Å². The number of aromatic nitrogens is 1. The third-order valence-electron chi connectivity index (χ3n) is 2.69. The van der Waals surface area contributed by atoms with Gasteiger partial charge < -0.3 is 4.74 Å². The van der Waals surface area contributed by atoms with Gasteiger partial charge in [-0.25, -0.2) is 4.98 Å². The van der Waals surface area contributed by atoms with Crippen molar-refractivity contribution in [1.82, 2.24) is 4.98 Å². The minimum atomic E-state index is -0.553. The molecule has 0 saturated heterocycles. The smallest absolute Gasteiger partial charge is 0.255 e. The summed E-state index contributed by atoms with van der Waals surface area (Å²) in [4.78, 5) is 3.67. The lowest BCUT2D eigenvalue weighted by atomic mass is 9.83. The molecule has 0 bridgehead atoms. The highest BCUT2D eigenvalue weighted by molar-refractivity contribution is 5.29. The van der Waals surface area contributed by atoms with Crippen molar-refractivity contribution >= 4 is 0 Å². The van der Waals surface area contributed by atoms with Crippen molar-refractivity contribution in [1.29, 1.82) is 0 Å². The molecule has 0 aliphatic carbocycles. The molecular formula is C11H16FNO. The molecule has 1 heterocycles. The molecule has 0 unspecified atom stereocenters. The Hall–Kier alpha value is -1.12. The van der Waals surface area contributed by atoms with E-state index in [9.17, 15) is 4.39 Å². The number of halogens is 1. The molecule has 78 valence electrons. The van der Waals surface area contributed by atoms with E-state index in [1.807, 2.05) is 0 Å². The number of pyridine rings is 1. The summed E-state index contributed by atoms with van der Waals surface area (Å²) < 4.78 is 17.9. The Morgan fingerprint density at radius 2 is 2.14 bits per heavy atom. The van der Waals surface area contributed by atoms with Crippen molar-refractivity contribution in [3.05, 3.63) is 23.8 Å². The molecule has 0 aliphatic rings. The van der Waals surface area contributed by atoms with Gasteiger partial charge >= 0.3 is 0 Å². The fourth-order valence-corrected chi connectivity index (χ4v) is 1.15. The standard InChI is InChI=1S/C11H16FNO/c1-5-11(2,3)8-6-9(14-4)10(12)13-7-8/h6-7H,5H2,1-4H3. The van der Waals surface area contributed by atoms with E-state index < -0.39 is 5.95 Å². The molecule has 1 aromatic rings. The summed E-state index contributed by atoms with van der Waals surface area (Å²) in [6.45, 7) is 6.29. The van der Waals surface area contributed by atoms with Gasteiger partial charge in [0.25, 0.3) is 5.95 Å². The number of rotatable bonds is 3. The topological polar surface area (TPSA) is 22.1 Å². The second kappa shape index (κ2) is 3.95. The molecule has 0 fully saturated rings. The largest absolute Gasteiger partial charge is 0.492 e. The van der Waals surface area contributed by atoms with Crippen LogP contribution in [0.15, 0.2) is 12.3 Å². The van der Waals surface area contributed by atoms with Crippen LogP contribution >= 0.6 is 0 Å². The third-order valence-corrected chi connectivity index (χ3v) is 2.69. The maximum atomic E-state index is 13.0. The highest BCUT2D eigenvalue weighted by Crippen LogP contribution is 2.29. The first kappa shape index (κ1) is 11.0. The van der Waals surface area contributed by atoms with E-state index in [1.54, 1.807) is 12.3 Å². The van der Waals surface area contributed by atoms with Crippen LogP contribution in [0.25, 0.3) is 0 Å². The van der Waals surface area contributed by atoms with E-state index in [0.29, 0.717) is 0 Å². The molecule has 0 radical (unpaired) electrons. The molecule has 0 amide bonds. The highest BCUT2D eigenvalue weighted by Gasteiger charge is 2.20. The molecule has 0 N–H and O–H groups in total. The Morgan fingerprint density at radius 3 is 2.64 bits per heavy atom. The van der Waals surface area contributed by atoms with Crippen LogP contribution in [0.3, 0.4) is 0 Å². The summed E-state index contributed by atoms with van der Waals surface area (Å²) in [7, 11) is 1.45. The van der Waals surface area contributed by atoms with Crippen molar-refractivity contribution in [2.24, 2.45) is 0 Å². The van der Waals surface area contributed by atoms with E-state index in [2.05, 4.69) is 25.8 Å². The zero-order valence-corrected chi connectivity index (χ0v) is 9.10. The molecule has 0 aliphatic heterocycles. The van der Waals surface area contributed by atoms with Gasteiger partial charge in [-0.3, -0.25) is 0 Å². The molecule has 14 heavy (non-hydrogen) atoms. The van der Waals surface area contributed by atoms with E-state index in [1.165, 1.54) is 7.11 Å². The first-order valence-corrected chi connectivity index (χ1v) is 4.71. The van der Waals surface area contributed by atoms with Crippen LogP contribution in [0.4, 0.5) is 4.39 Å². The molecule has 0 aromatic carbocycles. The summed E-state index contributed by atoms with van der Waals surface area (Å²) in [6.07, 6.45) is 2.55. The second-order valence-electron chi connectivity index (χ2n) is 3.95. The maximum absolute atomic E-state index is 13.0. The molecule has 3 heteroatoms. The number of nitrogens with zero attached hydrogens (tertiary/aromatic N) is 1. The van der Waals surface area contributed by atoms with Crippen molar-refractivity contribution in [2.75, 3.05) is 7.11 Å². The van der Waals surface area contributed by atoms with Crippen molar-refractivity contribution < 1.29 is 9.13 Å². The fourth-order valence-electron chi connectivity index (χ4n) is 1.15. The first-order chi connectivity index (χ1) is 6.51. The molecule has 0 atom stereocenters. The Bertz CT molecular complexity index is 323. The SMILES string of the molecule is CCC(C)(C)c1cnc(F)c(OC)c1. The number of hydrogen-bond acceptors (Lipinski definition) is 2. The summed E-state index contributed by atoms with van der Waals surface area (Å²) in [5, 5.41) is 0. The van der Waals surface area contributed by atoms with Gasteiger partial charge in [0.1, 0.15) is 0 Å². The molecule has 2 nitrogen and oxygen atoms in total. The van der Waals surface area contributed by atoms with Gasteiger partial charge in [-0.15, -0.1) is 0 Å². The second-order valence-corrected chi connectivity index (χ2v) is 3.95.